The lowest BCUT2D eigenvalue weighted by Crippen LogP contribution is -2.26. The largest absolute Gasteiger partial charge is 0.364 e. The van der Waals surface area contributed by atoms with E-state index >= 15 is 0 Å². The molecule has 1 aromatic carbocycles. The van der Waals surface area contributed by atoms with Crippen LogP contribution < -0.4 is 10.6 Å². The third-order valence-corrected chi connectivity index (χ3v) is 5.56. The number of hydrogen-bond donors (Lipinski definition) is 1. The van der Waals surface area contributed by atoms with E-state index in [0.29, 0.717) is 12.6 Å². The number of nitrogens with zero attached hydrogens (tertiary/aromatic N) is 1. The van der Waals surface area contributed by atoms with Gasteiger partial charge in [0.2, 0.25) is 0 Å². The molecule has 0 aliphatic heterocycles. The molecule has 2 nitrogen and oxygen atoms in total. The number of anilines is 1. The van der Waals surface area contributed by atoms with Gasteiger partial charge in [-0.2, -0.15) is 11.3 Å². The van der Waals surface area contributed by atoms with Crippen molar-refractivity contribution in [3.05, 3.63) is 46.2 Å². The molecule has 112 valence electrons. The Morgan fingerprint density at radius 1 is 1.33 bits per heavy atom. The number of rotatable bonds is 7. The maximum Gasteiger partial charge on any atom is 0.0440 e. The summed E-state index contributed by atoms with van der Waals surface area (Å²) in [6.07, 6.45) is 2.61. The van der Waals surface area contributed by atoms with Crippen molar-refractivity contribution in [3.63, 3.8) is 0 Å². The van der Waals surface area contributed by atoms with Gasteiger partial charge < -0.3 is 10.6 Å². The average Bonchev–Trinajstić information content (AvgIpc) is 3.21. The van der Waals surface area contributed by atoms with Crippen molar-refractivity contribution in [1.82, 2.24) is 0 Å². The van der Waals surface area contributed by atoms with Gasteiger partial charge in [-0.25, -0.2) is 0 Å². The van der Waals surface area contributed by atoms with Crippen LogP contribution in [-0.4, -0.2) is 11.8 Å². The van der Waals surface area contributed by atoms with Crippen LogP contribution in [0.1, 0.15) is 30.9 Å². The molecule has 1 aliphatic carbocycles. The fourth-order valence-corrected chi connectivity index (χ4v) is 4.20. The second-order valence-corrected chi connectivity index (χ2v) is 7.47. The van der Waals surface area contributed by atoms with E-state index in [-0.39, 0.29) is 0 Å². The Hall–Kier alpha value is -0.970. The van der Waals surface area contributed by atoms with Gasteiger partial charge in [0.25, 0.3) is 0 Å². The van der Waals surface area contributed by atoms with Gasteiger partial charge in [0.05, 0.1) is 0 Å². The van der Waals surface area contributed by atoms with Crippen LogP contribution in [0.15, 0.2) is 39.9 Å². The molecule has 0 amide bonds. The predicted molar refractivity (Wildman–Crippen MR) is 94.3 cm³/mol. The summed E-state index contributed by atoms with van der Waals surface area (Å²) in [5.41, 5.74) is 10.1. The van der Waals surface area contributed by atoms with Gasteiger partial charge in [0.1, 0.15) is 0 Å². The SMILES string of the molecule is CCSc1cccc(N(Cc2ccsc2)C2CC2)c1CN. The normalized spacial score (nSPS) is 14.4. The molecule has 1 saturated carbocycles. The highest BCUT2D eigenvalue weighted by molar-refractivity contribution is 7.99. The summed E-state index contributed by atoms with van der Waals surface area (Å²) < 4.78 is 0. The summed E-state index contributed by atoms with van der Waals surface area (Å²) in [7, 11) is 0. The first-order chi connectivity index (χ1) is 10.3. The summed E-state index contributed by atoms with van der Waals surface area (Å²) in [6, 6.07) is 9.54. The standard InChI is InChI=1S/C17H22N2S2/c1-2-21-17-5-3-4-16(15(17)10-18)19(14-6-7-14)11-13-8-9-20-12-13/h3-5,8-9,12,14H,2,6-7,10-11,18H2,1H3. The van der Waals surface area contributed by atoms with Crippen LogP contribution >= 0.6 is 23.1 Å². The van der Waals surface area contributed by atoms with Crippen molar-refractivity contribution in [1.29, 1.82) is 0 Å². The Balaban J connectivity index is 1.93. The molecule has 1 aliphatic rings. The number of hydrogen-bond acceptors (Lipinski definition) is 4. The van der Waals surface area contributed by atoms with Crippen molar-refractivity contribution in [2.75, 3.05) is 10.7 Å². The van der Waals surface area contributed by atoms with Crippen molar-refractivity contribution in [3.8, 4) is 0 Å². The molecule has 2 N–H and O–H groups in total. The van der Waals surface area contributed by atoms with E-state index in [0.717, 1.165) is 12.3 Å². The zero-order chi connectivity index (χ0) is 14.7. The highest BCUT2D eigenvalue weighted by Gasteiger charge is 2.30. The highest BCUT2D eigenvalue weighted by Crippen LogP contribution is 2.38. The Morgan fingerprint density at radius 3 is 2.81 bits per heavy atom. The van der Waals surface area contributed by atoms with Gasteiger partial charge in [-0.15, -0.1) is 11.8 Å². The van der Waals surface area contributed by atoms with E-state index in [9.17, 15) is 0 Å². The van der Waals surface area contributed by atoms with E-state index in [1.165, 1.54) is 34.6 Å². The molecule has 0 unspecified atom stereocenters. The smallest absolute Gasteiger partial charge is 0.0440 e. The van der Waals surface area contributed by atoms with E-state index in [4.69, 9.17) is 5.73 Å². The number of nitrogens with two attached hydrogens (primary N) is 1. The van der Waals surface area contributed by atoms with E-state index in [1.807, 2.05) is 11.8 Å². The van der Waals surface area contributed by atoms with Crippen molar-refractivity contribution in [2.45, 2.75) is 43.8 Å². The lowest BCUT2D eigenvalue weighted by molar-refractivity contribution is 0.784. The van der Waals surface area contributed by atoms with Crippen molar-refractivity contribution < 1.29 is 0 Å². The van der Waals surface area contributed by atoms with E-state index < -0.39 is 0 Å². The Morgan fingerprint density at radius 2 is 2.19 bits per heavy atom. The maximum absolute atomic E-state index is 6.08. The van der Waals surface area contributed by atoms with Gasteiger partial charge in [0, 0.05) is 35.3 Å². The molecular formula is C17H22N2S2. The number of thioether (sulfide) groups is 1. The van der Waals surface area contributed by atoms with Crippen molar-refractivity contribution in [2.24, 2.45) is 5.73 Å². The van der Waals surface area contributed by atoms with E-state index in [2.05, 4.69) is 46.8 Å². The van der Waals surface area contributed by atoms with Gasteiger partial charge >= 0.3 is 0 Å². The van der Waals surface area contributed by atoms with Gasteiger partial charge in [-0.05, 0) is 53.1 Å². The number of thiophene rings is 1. The molecule has 1 fully saturated rings. The summed E-state index contributed by atoms with van der Waals surface area (Å²) >= 11 is 3.67. The molecule has 0 saturated heterocycles. The Bertz CT molecular complexity index is 576. The first-order valence-corrected chi connectivity index (χ1v) is 9.48. The molecule has 1 aromatic heterocycles. The Kier molecular flexibility index (Phi) is 4.88. The molecule has 1 heterocycles. The minimum absolute atomic E-state index is 0.616. The van der Waals surface area contributed by atoms with Crippen LogP contribution in [0.25, 0.3) is 0 Å². The molecule has 4 heteroatoms. The highest BCUT2D eigenvalue weighted by atomic mass is 32.2. The van der Waals surface area contributed by atoms with Gasteiger partial charge in [-0.1, -0.05) is 13.0 Å². The second-order valence-electron chi connectivity index (χ2n) is 5.38. The first-order valence-electron chi connectivity index (χ1n) is 7.56. The van der Waals surface area contributed by atoms with Crippen LogP contribution in [0.2, 0.25) is 0 Å². The summed E-state index contributed by atoms with van der Waals surface area (Å²) in [5.74, 6) is 1.09. The number of benzene rings is 1. The first kappa shape index (κ1) is 14.9. The van der Waals surface area contributed by atoms with Crippen LogP contribution in [0.5, 0.6) is 0 Å². The maximum atomic E-state index is 6.08. The minimum Gasteiger partial charge on any atom is -0.364 e. The fourth-order valence-electron chi connectivity index (χ4n) is 2.70. The lowest BCUT2D eigenvalue weighted by atomic mass is 10.1. The summed E-state index contributed by atoms with van der Waals surface area (Å²) in [5, 5.41) is 4.41. The second kappa shape index (κ2) is 6.86. The molecule has 3 rings (SSSR count). The predicted octanol–water partition coefficient (Wildman–Crippen LogP) is 4.49. The molecule has 0 spiro atoms. The molecule has 2 aromatic rings. The van der Waals surface area contributed by atoms with Crippen LogP contribution in [0, 0.1) is 0 Å². The minimum atomic E-state index is 0.616. The summed E-state index contributed by atoms with van der Waals surface area (Å²) in [6.45, 7) is 3.81. The zero-order valence-electron chi connectivity index (χ0n) is 12.4. The van der Waals surface area contributed by atoms with Gasteiger partial charge in [-0.3, -0.25) is 0 Å². The third-order valence-electron chi connectivity index (χ3n) is 3.84. The third kappa shape index (κ3) is 3.44. The quantitative estimate of drug-likeness (QED) is 0.763. The fraction of sp³-hybridized carbons (Fsp3) is 0.412. The topological polar surface area (TPSA) is 29.3 Å². The average molecular weight is 319 g/mol. The lowest BCUT2D eigenvalue weighted by Gasteiger charge is -2.28. The molecular weight excluding hydrogens is 296 g/mol. The molecule has 0 radical (unpaired) electrons. The van der Waals surface area contributed by atoms with Crippen LogP contribution in [0.4, 0.5) is 5.69 Å². The monoisotopic (exact) mass is 318 g/mol. The van der Waals surface area contributed by atoms with Crippen LogP contribution in [-0.2, 0) is 13.1 Å². The summed E-state index contributed by atoms with van der Waals surface area (Å²) in [4.78, 5) is 3.90. The van der Waals surface area contributed by atoms with E-state index in [1.54, 1.807) is 11.3 Å². The Labute approximate surface area is 135 Å². The molecule has 0 bridgehead atoms. The zero-order valence-corrected chi connectivity index (χ0v) is 14.1. The van der Waals surface area contributed by atoms with Gasteiger partial charge in [0.15, 0.2) is 0 Å². The molecule has 21 heavy (non-hydrogen) atoms. The van der Waals surface area contributed by atoms with Crippen LogP contribution in [0.3, 0.4) is 0 Å². The van der Waals surface area contributed by atoms with Crippen molar-refractivity contribution >= 4 is 28.8 Å². The molecule has 0 atom stereocenters.